The van der Waals surface area contributed by atoms with Crippen LogP contribution in [0.25, 0.3) is 0 Å². The quantitative estimate of drug-likeness (QED) is 0.758. The second kappa shape index (κ2) is 7.64. The summed E-state index contributed by atoms with van der Waals surface area (Å²) in [5, 5.41) is 0. The Morgan fingerprint density at radius 3 is 2.31 bits per heavy atom. The summed E-state index contributed by atoms with van der Waals surface area (Å²) in [6, 6.07) is 12.1. The van der Waals surface area contributed by atoms with Crippen LogP contribution in [0.15, 0.2) is 53.4 Å². The maximum Gasteiger partial charge on any atom is 0.267 e. The van der Waals surface area contributed by atoms with Gasteiger partial charge in [-0.3, -0.25) is 4.79 Å². The first-order valence-electron chi connectivity index (χ1n) is 9.33. The lowest BCUT2D eigenvalue weighted by Crippen LogP contribution is -2.56. The van der Waals surface area contributed by atoms with Crippen molar-refractivity contribution < 1.29 is 27.1 Å². The molecule has 2 aromatic carbocycles. The summed E-state index contributed by atoms with van der Waals surface area (Å²) < 4.78 is 51.8. The molecule has 0 N–H and O–H groups in total. The zero-order chi connectivity index (χ0) is 20.6. The largest absolute Gasteiger partial charge is 0.482 e. The Balaban J connectivity index is 1.43. The first-order valence-corrected chi connectivity index (χ1v) is 10.8. The minimum atomic E-state index is -3.81. The molecule has 0 spiro atoms. The summed E-state index contributed by atoms with van der Waals surface area (Å²) in [5.41, 5.74) is 0. The Hall–Kier alpha value is -2.65. The molecule has 1 amide bonds. The number of para-hydroxylation sites is 2. The smallest absolute Gasteiger partial charge is 0.267 e. The molecule has 2 aliphatic heterocycles. The third kappa shape index (κ3) is 3.79. The fraction of sp³-hybridized carbons (Fsp3) is 0.350. The Bertz CT molecular complexity index is 1020. The van der Waals surface area contributed by atoms with Gasteiger partial charge in [-0.25, -0.2) is 12.8 Å². The van der Waals surface area contributed by atoms with Gasteiger partial charge in [0.2, 0.25) is 16.1 Å². The van der Waals surface area contributed by atoms with Crippen LogP contribution < -0.4 is 9.47 Å². The molecule has 2 unspecified atom stereocenters. The molecule has 7 nitrogen and oxygen atoms in total. The maximum atomic E-state index is 13.4. The van der Waals surface area contributed by atoms with E-state index in [2.05, 4.69) is 0 Å². The molecule has 29 heavy (non-hydrogen) atoms. The summed E-state index contributed by atoms with van der Waals surface area (Å²) in [6.07, 6.45) is -1.26. The van der Waals surface area contributed by atoms with Crippen molar-refractivity contribution in [1.29, 1.82) is 0 Å². The summed E-state index contributed by atoms with van der Waals surface area (Å²) in [7, 11) is -3.81. The van der Waals surface area contributed by atoms with Gasteiger partial charge in [-0.2, -0.15) is 4.31 Å². The standard InChI is InChI=1S/C20H21FN2O5S/c1-14-19(28-18-8-3-2-7-17(18)27-14)20(24)22-9-11-23(12-10-22)29(25,26)16-6-4-5-15(21)13-16/h2-8,13-14,19H,9-12H2,1H3. The zero-order valence-corrected chi connectivity index (χ0v) is 16.6. The van der Waals surface area contributed by atoms with Crippen LogP contribution in [0.2, 0.25) is 0 Å². The van der Waals surface area contributed by atoms with Crippen LogP contribution in [0, 0.1) is 5.82 Å². The number of nitrogens with zero attached hydrogens (tertiary/aromatic N) is 2. The van der Waals surface area contributed by atoms with Crippen molar-refractivity contribution in [2.75, 3.05) is 26.2 Å². The van der Waals surface area contributed by atoms with Crippen LogP contribution in [-0.2, 0) is 14.8 Å². The molecule has 2 aliphatic rings. The Morgan fingerprint density at radius 2 is 1.66 bits per heavy atom. The van der Waals surface area contributed by atoms with E-state index < -0.39 is 28.0 Å². The lowest BCUT2D eigenvalue weighted by molar-refractivity contribution is -0.145. The van der Waals surface area contributed by atoms with Crippen molar-refractivity contribution in [3.8, 4) is 11.5 Å². The fourth-order valence-corrected chi connectivity index (χ4v) is 4.95. The van der Waals surface area contributed by atoms with E-state index in [-0.39, 0.29) is 37.0 Å². The van der Waals surface area contributed by atoms with Gasteiger partial charge >= 0.3 is 0 Å². The average molecular weight is 420 g/mol. The molecule has 1 saturated heterocycles. The maximum absolute atomic E-state index is 13.4. The molecule has 2 atom stereocenters. The fourth-order valence-electron chi connectivity index (χ4n) is 3.50. The Kier molecular flexibility index (Phi) is 5.18. The topological polar surface area (TPSA) is 76.2 Å². The highest BCUT2D eigenvalue weighted by Gasteiger charge is 2.39. The van der Waals surface area contributed by atoms with Crippen molar-refractivity contribution in [1.82, 2.24) is 9.21 Å². The molecule has 9 heteroatoms. The number of sulfonamides is 1. The van der Waals surface area contributed by atoms with Crippen LogP contribution in [0.5, 0.6) is 11.5 Å². The summed E-state index contributed by atoms with van der Waals surface area (Å²) in [6.45, 7) is 2.47. The highest BCUT2D eigenvalue weighted by molar-refractivity contribution is 7.89. The second-order valence-corrected chi connectivity index (χ2v) is 8.93. The zero-order valence-electron chi connectivity index (χ0n) is 15.8. The third-order valence-corrected chi connectivity index (χ3v) is 6.96. The molecule has 0 aliphatic carbocycles. The molecule has 0 saturated carbocycles. The van der Waals surface area contributed by atoms with Crippen LogP contribution in [0.1, 0.15) is 6.92 Å². The van der Waals surface area contributed by atoms with E-state index in [1.807, 2.05) is 6.07 Å². The number of fused-ring (bicyclic) bond motifs is 1. The number of halogens is 1. The molecule has 0 bridgehead atoms. The predicted octanol–water partition coefficient (Wildman–Crippen LogP) is 1.89. The lowest BCUT2D eigenvalue weighted by atomic mass is 10.1. The first-order chi connectivity index (χ1) is 13.9. The van der Waals surface area contributed by atoms with Crippen molar-refractivity contribution in [2.45, 2.75) is 24.0 Å². The van der Waals surface area contributed by atoms with E-state index in [1.54, 1.807) is 30.0 Å². The van der Waals surface area contributed by atoms with Gasteiger partial charge in [-0.1, -0.05) is 18.2 Å². The first kappa shape index (κ1) is 19.7. The molecular formula is C20H21FN2O5S. The predicted molar refractivity (Wildman–Crippen MR) is 103 cm³/mol. The number of benzene rings is 2. The van der Waals surface area contributed by atoms with Gasteiger partial charge in [0, 0.05) is 26.2 Å². The minimum Gasteiger partial charge on any atom is -0.482 e. The highest BCUT2D eigenvalue weighted by atomic mass is 32.2. The van der Waals surface area contributed by atoms with Crippen molar-refractivity contribution in [3.05, 3.63) is 54.3 Å². The van der Waals surface area contributed by atoms with E-state index in [0.717, 1.165) is 6.07 Å². The number of ether oxygens (including phenoxy) is 2. The Labute approximate surface area is 168 Å². The third-order valence-electron chi connectivity index (χ3n) is 5.07. The minimum absolute atomic E-state index is 0.0912. The lowest BCUT2D eigenvalue weighted by Gasteiger charge is -2.38. The number of piperazine rings is 1. The number of amides is 1. The second-order valence-electron chi connectivity index (χ2n) is 6.99. The molecule has 0 aromatic heterocycles. The number of carbonyl (C=O) groups excluding carboxylic acids is 1. The van der Waals surface area contributed by atoms with Gasteiger partial charge in [0.1, 0.15) is 11.9 Å². The van der Waals surface area contributed by atoms with Gasteiger partial charge in [0.25, 0.3) is 5.91 Å². The summed E-state index contributed by atoms with van der Waals surface area (Å²) in [4.78, 5) is 14.4. The molecule has 154 valence electrons. The van der Waals surface area contributed by atoms with Crippen LogP contribution in [0.3, 0.4) is 0 Å². The SMILES string of the molecule is CC1Oc2ccccc2OC1C(=O)N1CCN(S(=O)(=O)c2cccc(F)c2)CC1. The average Bonchev–Trinajstić information content (AvgIpc) is 2.73. The molecule has 1 fully saturated rings. The van der Waals surface area contributed by atoms with Crippen molar-refractivity contribution in [2.24, 2.45) is 0 Å². The van der Waals surface area contributed by atoms with E-state index in [9.17, 15) is 17.6 Å². The molecule has 4 rings (SSSR count). The van der Waals surface area contributed by atoms with Crippen molar-refractivity contribution >= 4 is 15.9 Å². The van der Waals surface area contributed by atoms with Crippen molar-refractivity contribution in [3.63, 3.8) is 0 Å². The van der Waals surface area contributed by atoms with Crippen LogP contribution >= 0.6 is 0 Å². The van der Waals surface area contributed by atoms with Gasteiger partial charge in [-0.05, 0) is 37.3 Å². The van der Waals surface area contributed by atoms with Gasteiger partial charge in [0.05, 0.1) is 4.90 Å². The number of hydrogen-bond donors (Lipinski definition) is 0. The van der Waals surface area contributed by atoms with Gasteiger partial charge in [-0.15, -0.1) is 0 Å². The summed E-state index contributed by atoms with van der Waals surface area (Å²) >= 11 is 0. The van der Waals surface area contributed by atoms with E-state index in [1.165, 1.54) is 22.5 Å². The number of carbonyl (C=O) groups is 1. The number of rotatable bonds is 3. The number of hydrogen-bond acceptors (Lipinski definition) is 5. The molecular weight excluding hydrogens is 399 g/mol. The van der Waals surface area contributed by atoms with Gasteiger partial charge in [0.15, 0.2) is 11.5 Å². The molecule has 0 radical (unpaired) electrons. The monoisotopic (exact) mass is 420 g/mol. The molecule has 2 heterocycles. The van der Waals surface area contributed by atoms with E-state index >= 15 is 0 Å². The Morgan fingerprint density at radius 1 is 1.00 bits per heavy atom. The normalized spacial score (nSPS) is 22.3. The summed E-state index contributed by atoms with van der Waals surface area (Å²) in [5.74, 6) is 0.254. The van der Waals surface area contributed by atoms with Gasteiger partial charge < -0.3 is 14.4 Å². The van der Waals surface area contributed by atoms with E-state index in [4.69, 9.17) is 9.47 Å². The highest BCUT2D eigenvalue weighted by Crippen LogP contribution is 2.34. The van der Waals surface area contributed by atoms with Crippen LogP contribution in [0.4, 0.5) is 4.39 Å². The van der Waals surface area contributed by atoms with Crippen LogP contribution in [-0.4, -0.2) is 61.9 Å². The van der Waals surface area contributed by atoms with E-state index in [0.29, 0.717) is 11.5 Å². The molecule has 2 aromatic rings.